The van der Waals surface area contributed by atoms with E-state index < -0.39 is 17.6 Å². The third-order valence-electron chi connectivity index (χ3n) is 2.35. The van der Waals surface area contributed by atoms with Crippen LogP contribution in [0.5, 0.6) is 0 Å². The molecule has 0 fully saturated rings. The first kappa shape index (κ1) is 14.9. The van der Waals surface area contributed by atoms with Crippen molar-refractivity contribution in [2.75, 3.05) is 7.11 Å². The number of esters is 1. The van der Waals surface area contributed by atoms with Gasteiger partial charge < -0.3 is 15.8 Å². The second-order valence-electron chi connectivity index (χ2n) is 5.45. The molecule has 5 heteroatoms. The zero-order valence-electron chi connectivity index (χ0n) is 10.9. The highest BCUT2D eigenvalue weighted by atomic mass is 16.5. The maximum absolute atomic E-state index is 11.8. The average molecular weight is 230 g/mol. The fourth-order valence-corrected chi connectivity index (χ4v) is 1.09. The number of carbonyl (C=O) groups excluding carboxylic acids is 2. The molecule has 1 unspecified atom stereocenters. The molecule has 1 amide bonds. The van der Waals surface area contributed by atoms with E-state index in [1.54, 1.807) is 13.8 Å². The van der Waals surface area contributed by atoms with Gasteiger partial charge in [0.25, 0.3) is 0 Å². The molecule has 0 radical (unpaired) electrons. The van der Waals surface area contributed by atoms with E-state index in [9.17, 15) is 9.59 Å². The second kappa shape index (κ2) is 4.82. The molecule has 0 aromatic carbocycles. The number of carbonyl (C=O) groups is 2. The van der Waals surface area contributed by atoms with Gasteiger partial charge in [0, 0.05) is 0 Å². The Morgan fingerprint density at radius 2 is 1.62 bits per heavy atom. The molecule has 16 heavy (non-hydrogen) atoms. The molecule has 0 aliphatic rings. The summed E-state index contributed by atoms with van der Waals surface area (Å²) < 4.78 is 4.59. The minimum absolute atomic E-state index is 0.351. The van der Waals surface area contributed by atoms with Crippen molar-refractivity contribution in [3.8, 4) is 0 Å². The molecule has 0 aromatic rings. The van der Waals surface area contributed by atoms with Crippen LogP contribution in [0.4, 0.5) is 0 Å². The molecule has 3 N–H and O–H groups in total. The van der Waals surface area contributed by atoms with Gasteiger partial charge in [0.2, 0.25) is 5.91 Å². The molecule has 0 aliphatic carbocycles. The summed E-state index contributed by atoms with van der Waals surface area (Å²) in [6, 6.07) is -0.670. The van der Waals surface area contributed by atoms with E-state index in [1.165, 1.54) is 7.11 Å². The van der Waals surface area contributed by atoms with Crippen molar-refractivity contribution in [3.63, 3.8) is 0 Å². The van der Waals surface area contributed by atoms with Gasteiger partial charge in [0.05, 0.1) is 13.2 Å². The van der Waals surface area contributed by atoms with Gasteiger partial charge in [-0.3, -0.25) is 4.79 Å². The Kier molecular flexibility index (Phi) is 4.49. The Hall–Kier alpha value is -1.10. The minimum atomic E-state index is -1.06. The number of ether oxygens (including phenoxy) is 1. The van der Waals surface area contributed by atoms with Crippen LogP contribution in [0.15, 0.2) is 0 Å². The van der Waals surface area contributed by atoms with Gasteiger partial charge >= 0.3 is 5.97 Å². The van der Waals surface area contributed by atoms with Crippen LogP contribution in [-0.4, -0.2) is 30.6 Å². The first-order chi connectivity index (χ1) is 7.02. The van der Waals surface area contributed by atoms with Crippen LogP contribution in [0.3, 0.4) is 0 Å². The summed E-state index contributed by atoms with van der Waals surface area (Å²) in [5, 5.41) is 2.57. The average Bonchev–Trinajstić information content (AvgIpc) is 2.12. The zero-order valence-corrected chi connectivity index (χ0v) is 10.9. The SMILES string of the molecule is COC(=O)C(C)(C)NC(=O)C(N)C(C)(C)C. The van der Waals surface area contributed by atoms with E-state index in [-0.39, 0.29) is 11.3 Å². The molecule has 0 aromatic heterocycles. The van der Waals surface area contributed by atoms with Crippen molar-refractivity contribution in [2.24, 2.45) is 11.1 Å². The van der Waals surface area contributed by atoms with Crippen LogP contribution in [-0.2, 0) is 14.3 Å². The van der Waals surface area contributed by atoms with Gasteiger partial charge in [-0.2, -0.15) is 0 Å². The van der Waals surface area contributed by atoms with Crippen LogP contribution in [0.1, 0.15) is 34.6 Å². The highest BCUT2D eigenvalue weighted by molar-refractivity contribution is 5.90. The van der Waals surface area contributed by atoms with Gasteiger partial charge in [-0.15, -0.1) is 0 Å². The maximum atomic E-state index is 11.8. The third-order valence-corrected chi connectivity index (χ3v) is 2.35. The summed E-state index contributed by atoms with van der Waals surface area (Å²) >= 11 is 0. The molecule has 0 saturated heterocycles. The highest BCUT2D eigenvalue weighted by Gasteiger charge is 2.35. The molecule has 94 valence electrons. The molecular formula is C11H22N2O3. The number of nitrogens with two attached hydrogens (primary N) is 1. The Morgan fingerprint density at radius 1 is 1.19 bits per heavy atom. The van der Waals surface area contributed by atoms with Crippen molar-refractivity contribution >= 4 is 11.9 Å². The molecular weight excluding hydrogens is 208 g/mol. The standard InChI is InChI=1S/C11H22N2O3/c1-10(2,3)7(12)8(14)13-11(4,5)9(15)16-6/h7H,12H2,1-6H3,(H,13,14). The summed E-state index contributed by atoms with van der Waals surface area (Å²) in [5.74, 6) is -0.857. The van der Waals surface area contributed by atoms with E-state index >= 15 is 0 Å². The predicted molar refractivity (Wildman–Crippen MR) is 61.7 cm³/mol. The highest BCUT2D eigenvalue weighted by Crippen LogP contribution is 2.18. The van der Waals surface area contributed by atoms with E-state index in [0.29, 0.717) is 0 Å². The van der Waals surface area contributed by atoms with Gasteiger partial charge in [-0.1, -0.05) is 20.8 Å². The summed E-state index contributed by atoms with van der Waals surface area (Å²) in [6.07, 6.45) is 0. The smallest absolute Gasteiger partial charge is 0.330 e. The molecule has 0 aliphatic heterocycles. The summed E-state index contributed by atoms with van der Waals surface area (Å²) in [6.45, 7) is 8.74. The van der Waals surface area contributed by atoms with E-state index in [4.69, 9.17) is 5.73 Å². The number of nitrogens with one attached hydrogen (secondary N) is 1. The molecule has 1 atom stereocenters. The van der Waals surface area contributed by atoms with Crippen LogP contribution >= 0.6 is 0 Å². The normalized spacial score (nSPS) is 14.2. The van der Waals surface area contributed by atoms with Crippen molar-refractivity contribution in [1.29, 1.82) is 0 Å². The first-order valence-electron chi connectivity index (χ1n) is 5.18. The van der Waals surface area contributed by atoms with E-state index in [0.717, 1.165) is 0 Å². The monoisotopic (exact) mass is 230 g/mol. The predicted octanol–water partition coefficient (Wildman–Crippen LogP) is 0.428. The third kappa shape index (κ3) is 3.81. The lowest BCUT2D eigenvalue weighted by molar-refractivity contribution is -0.149. The summed E-state index contributed by atoms with van der Waals surface area (Å²) in [5.41, 5.74) is 4.37. The molecule has 0 heterocycles. The minimum Gasteiger partial charge on any atom is -0.467 e. The number of rotatable bonds is 3. The summed E-state index contributed by atoms with van der Waals surface area (Å²) in [7, 11) is 1.28. The lowest BCUT2D eigenvalue weighted by atomic mass is 9.86. The topological polar surface area (TPSA) is 81.4 Å². The maximum Gasteiger partial charge on any atom is 0.330 e. The van der Waals surface area contributed by atoms with Gasteiger partial charge in [0.1, 0.15) is 5.54 Å². The molecule has 0 bridgehead atoms. The van der Waals surface area contributed by atoms with Crippen molar-refractivity contribution in [2.45, 2.75) is 46.2 Å². The van der Waals surface area contributed by atoms with Gasteiger partial charge in [0.15, 0.2) is 0 Å². The molecule has 5 nitrogen and oxygen atoms in total. The Balaban J connectivity index is 4.63. The number of hydrogen-bond donors (Lipinski definition) is 2. The largest absolute Gasteiger partial charge is 0.467 e. The van der Waals surface area contributed by atoms with Gasteiger partial charge in [-0.05, 0) is 19.3 Å². The lowest BCUT2D eigenvalue weighted by Gasteiger charge is -2.30. The molecule has 0 saturated carbocycles. The van der Waals surface area contributed by atoms with Crippen LogP contribution < -0.4 is 11.1 Å². The van der Waals surface area contributed by atoms with Crippen molar-refractivity contribution < 1.29 is 14.3 Å². The van der Waals surface area contributed by atoms with Crippen LogP contribution in [0.2, 0.25) is 0 Å². The Bertz CT molecular complexity index is 279. The van der Waals surface area contributed by atoms with Crippen molar-refractivity contribution in [3.05, 3.63) is 0 Å². The lowest BCUT2D eigenvalue weighted by Crippen LogP contribution is -2.57. The van der Waals surface area contributed by atoms with Crippen molar-refractivity contribution in [1.82, 2.24) is 5.32 Å². The quantitative estimate of drug-likeness (QED) is 0.689. The molecule has 0 rings (SSSR count). The first-order valence-corrected chi connectivity index (χ1v) is 5.18. The fourth-order valence-electron chi connectivity index (χ4n) is 1.09. The number of amides is 1. The Morgan fingerprint density at radius 3 is 1.94 bits per heavy atom. The van der Waals surface area contributed by atoms with Crippen LogP contribution in [0.25, 0.3) is 0 Å². The van der Waals surface area contributed by atoms with Crippen LogP contribution in [0, 0.1) is 5.41 Å². The van der Waals surface area contributed by atoms with Gasteiger partial charge in [-0.25, -0.2) is 4.79 Å². The zero-order chi connectivity index (χ0) is 13.1. The Labute approximate surface area is 96.7 Å². The second-order valence-corrected chi connectivity index (χ2v) is 5.45. The summed E-state index contributed by atoms with van der Waals surface area (Å²) in [4.78, 5) is 23.1. The van der Waals surface area contributed by atoms with E-state index in [2.05, 4.69) is 10.1 Å². The molecule has 0 spiro atoms. The number of methoxy groups -OCH3 is 1. The van der Waals surface area contributed by atoms with E-state index in [1.807, 2.05) is 20.8 Å². The number of hydrogen-bond acceptors (Lipinski definition) is 4. The fraction of sp³-hybridized carbons (Fsp3) is 0.818.